The van der Waals surface area contributed by atoms with E-state index in [1.807, 2.05) is 12.1 Å². The van der Waals surface area contributed by atoms with Crippen LogP contribution in [0.15, 0.2) is 24.3 Å². The number of nitrogens with one attached hydrogen (secondary N) is 1. The van der Waals surface area contributed by atoms with Crippen molar-refractivity contribution < 1.29 is 9.47 Å². The number of ether oxygens (including phenoxy) is 2. The second-order valence-corrected chi connectivity index (χ2v) is 6.25. The molecular weight excluding hydrogens is 250 g/mol. The first-order valence-electron chi connectivity index (χ1n) is 7.42. The number of rotatable bonds is 8. The van der Waals surface area contributed by atoms with Crippen molar-refractivity contribution in [1.29, 1.82) is 0 Å². The fourth-order valence-corrected chi connectivity index (χ4v) is 1.90. The fourth-order valence-electron chi connectivity index (χ4n) is 1.90. The second-order valence-electron chi connectivity index (χ2n) is 6.25. The molecule has 0 amide bonds. The minimum atomic E-state index is 0.0763. The molecule has 0 radical (unpaired) electrons. The van der Waals surface area contributed by atoms with Crippen LogP contribution in [0.2, 0.25) is 0 Å². The molecule has 3 nitrogen and oxygen atoms in total. The molecule has 3 heteroatoms. The number of likely N-dealkylation sites (N-methyl/N-ethyl adjacent to an activating group) is 1. The zero-order valence-corrected chi connectivity index (χ0v) is 13.5. The third-order valence-electron chi connectivity index (χ3n) is 3.22. The first-order chi connectivity index (χ1) is 9.46. The van der Waals surface area contributed by atoms with Gasteiger partial charge in [0.1, 0.15) is 5.75 Å². The fraction of sp³-hybridized carbons (Fsp3) is 0.647. The average Bonchev–Trinajstić information content (AvgIpc) is 2.41. The summed E-state index contributed by atoms with van der Waals surface area (Å²) in [5, 5.41) is 3.37. The van der Waals surface area contributed by atoms with Crippen LogP contribution in [0.25, 0.3) is 0 Å². The summed E-state index contributed by atoms with van der Waals surface area (Å²) in [7, 11) is 1.69. The zero-order chi connectivity index (χ0) is 15.0. The molecule has 1 atom stereocenters. The summed E-state index contributed by atoms with van der Waals surface area (Å²) in [4.78, 5) is 0. The van der Waals surface area contributed by atoms with Crippen molar-refractivity contribution in [3.63, 3.8) is 0 Å². The Morgan fingerprint density at radius 1 is 1.25 bits per heavy atom. The Kier molecular flexibility index (Phi) is 7.03. The lowest BCUT2D eigenvalue weighted by molar-refractivity contribution is 0.0371. The molecule has 1 aromatic rings. The van der Waals surface area contributed by atoms with E-state index >= 15 is 0 Å². The van der Waals surface area contributed by atoms with E-state index in [0.29, 0.717) is 5.41 Å². The lowest BCUT2D eigenvalue weighted by atomic mass is 9.93. The Morgan fingerprint density at radius 3 is 2.60 bits per heavy atom. The maximum Gasteiger partial charge on any atom is 0.119 e. The summed E-state index contributed by atoms with van der Waals surface area (Å²) >= 11 is 0. The molecule has 0 saturated heterocycles. The summed E-state index contributed by atoms with van der Waals surface area (Å²) in [6.07, 6.45) is 1.13. The molecule has 0 bridgehead atoms. The van der Waals surface area contributed by atoms with E-state index in [4.69, 9.17) is 9.47 Å². The molecule has 0 saturated carbocycles. The van der Waals surface area contributed by atoms with Gasteiger partial charge in [-0.25, -0.2) is 0 Å². The van der Waals surface area contributed by atoms with E-state index in [9.17, 15) is 0 Å². The van der Waals surface area contributed by atoms with Gasteiger partial charge in [0.2, 0.25) is 0 Å². The Morgan fingerprint density at radius 2 is 2.00 bits per heavy atom. The highest BCUT2D eigenvalue weighted by Gasteiger charge is 2.15. The largest absolute Gasteiger partial charge is 0.497 e. The Hall–Kier alpha value is -1.06. The van der Waals surface area contributed by atoms with Crippen molar-refractivity contribution >= 4 is 0 Å². The maximum absolute atomic E-state index is 6.09. The van der Waals surface area contributed by atoms with Gasteiger partial charge in [0, 0.05) is 13.2 Å². The van der Waals surface area contributed by atoms with E-state index in [2.05, 4.69) is 45.1 Å². The summed E-state index contributed by atoms with van der Waals surface area (Å²) in [5.41, 5.74) is 1.47. The lowest BCUT2D eigenvalue weighted by Crippen LogP contribution is -2.24. The van der Waals surface area contributed by atoms with Crippen molar-refractivity contribution in [3.8, 4) is 5.75 Å². The van der Waals surface area contributed by atoms with Gasteiger partial charge in [-0.2, -0.15) is 0 Å². The average molecular weight is 279 g/mol. The van der Waals surface area contributed by atoms with Crippen LogP contribution in [0.1, 0.15) is 45.8 Å². The topological polar surface area (TPSA) is 30.5 Å². The van der Waals surface area contributed by atoms with Crippen LogP contribution < -0.4 is 10.1 Å². The van der Waals surface area contributed by atoms with Gasteiger partial charge in [-0.3, -0.25) is 0 Å². The van der Waals surface area contributed by atoms with Crippen LogP contribution in [0, 0.1) is 5.41 Å². The van der Waals surface area contributed by atoms with Gasteiger partial charge in [-0.1, -0.05) is 39.8 Å². The lowest BCUT2D eigenvalue weighted by Gasteiger charge is -2.23. The van der Waals surface area contributed by atoms with Crippen LogP contribution in [0.3, 0.4) is 0 Å². The normalized spacial score (nSPS) is 13.2. The van der Waals surface area contributed by atoms with Gasteiger partial charge in [0.25, 0.3) is 0 Å². The van der Waals surface area contributed by atoms with Crippen molar-refractivity contribution in [2.24, 2.45) is 5.41 Å². The monoisotopic (exact) mass is 279 g/mol. The van der Waals surface area contributed by atoms with E-state index in [-0.39, 0.29) is 6.10 Å². The molecule has 20 heavy (non-hydrogen) atoms. The molecule has 0 aliphatic rings. The quantitative estimate of drug-likeness (QED) is 0.785. The molecule has 1 unspecified atom stereocenters. The zero-order valence-electron chi connectivity index (χ0n) is 13.5. The summed E-state index contributed by atoms with van der Waals surface area (Å²) in [5.74, 6) is 0.878. The van der Waals surface area contributed by atoms with Gasteiger partial charge in [-0.15, -0.1) is 0 Å². The van der Waals surface area contributed by atoms with E-state index in [1.54, 1.807) is 7.11 Å². The summed E-state index contributed by atoms with van der Waals surface area (Å²) < 4.78 is 11.4. The molecule has 0 aliphatic carbocycles. The highest BCUT2D eigenvalue weighted by Crippen LogP contribution is 2.24. The molecule has 114 valence electrons. The van der Waals surface area contributed by atoms with E-state index < -0.39 is 0 Å². The number of benzene rings is 1. The van der Waals surface area contributed by atoms with Gasteiger partial charge in [-0.05, 0) is 36.1 Å². The molecule has 1 N–H and O–H groups in total. The Bertz CT molecular complexity index is 385. The maximum atomic E-state index is 6.09. The number of hydrogen-bond donors (Lipinski definition) is 1. The Balaban J connectivity index is 2.67. The highest BCUT2D eigenvalue weighted by molar-refractivity contribution is 5.30. The molecule has 0 spiro atoms. The van der Waals surface area contributed by atoms with Gasteiger partial charge < -0.3 is 14.8 Å². The van der Waals surface area contributed by atoms with Crippen LogP contribution in [-0.4, -0.2) is 26.8 Å². The van der Waals surface area contributed by atoms with Crippen molar-refractivity contribution in [2.45, 2.75) is 40.2 Å². The van der Waals surface area contributed by atoms with Gasteiger partial charge in [0.15, 0.2) is 0 Å². The first-order valence-corrected chi connectivity index (χ1v) is 7.42. The highest BCUT2D eigenvalue weighted by atomic mass is 16.5. The predicted molar refractivity (Wildman–Crippen MR) is 84.3 cm³/mol. The van der Waals surface area contributed by atoms with Crippen LogP contribution in [0.5, 0.6) is 5.75 Å². The predicted octanol–water partition coefficient (Wildman–Crippen LogP) is 3.80. The molecular formula is C17H29NO2. The second kappa shape index (κ2) is 8.28. The van der Waals surface area contributed by atoms with Crippen LogP contribution in [-0.2, 0) is 4.74 Å². The molecule has 0 fully saturated rings. The third-order valence-corrected chi connectivity index (χ3v) is 3.22. The summed E-state index contributed by atoms with van der Waals surface area (Å²) in [6.45, 7) is 11.4. The van der Waals surface area contributed by atoms with Gasteiger partial charge >= 0.3 is 0 Å². The van der Waals surface area contributed by atoms with Crippen molar-refractivity contribution in [3.05, 3.63) is 29.8 Å². The minimum absolute atomic E-state index is 0.0763. The van der Waals surface area contributed by atoms with Gasteiger partial charge in [0.05, 0.1) is 13.2 Å². The molecule has 0 heterocycles. The molecule has 0 aliphatic heterocycles. The van der Waals surface area contributed by atoms with Crippen LogP contribution in [0.4, 0.5) is 0 Å². The molecule has 1 aromatic carbocycles. The standard InChI is InChI=1S/C17H29NO2/c1-6-18-13-16(20-11-10-17(2,3)4)14-8-7-9-15(12-14)19-5/h7-9,12,16,18H,6,10-11,13H2,1-5H3. The van der Waals surface area contributed by atoms with Crippen molar-refractivity contribution in [1.82, 2.24) is 5.32 Å². The van der Waals surface area contributed by atoms with Crippen LogP contribution >= 0.6 is 0 Å². The van der Waals surface area contributed by atoms with Crippen molar-refractivity contribution in [2.75, 3.05) is 26.8 Å². The molecule has 0 aromatic heterocycles. The summed E-state index contributed by atoms with van der Waals surface area (Å²) in [6, 6.07) is 8.13. The Labute approximate surface area is 123 Å². The van der Waals surface area contributed by atoms with E-state index in [0.717, 1.165) is 31.9 Å². The van der Waals surface area contributed by atoms with E-state index in [1.165, 1.54) is 5.56 Å². The molecule has 1 rings (SSSR count). The smallest absolute Gasteiger partial charge is 0.119 e. The third kappa shape index (κ3) is 6.40. The first kappa shape index (κ1) is 17.0. The number of methoxy groups -OCH3 is 1. The number of hydrogen-bond acceptors (Lipinski definition) is 3. The SMILES string of the molecule is CCNCC(OCCC(C)(C)C)c1cccc(OC)c1. The minimum Gasteiger partial charge on any atom is -0.497 e.